The van der Waals surface area contributed by atoms with Crippen molar-refractivity contribution in [2.75, 3.05) is 11.2 Å². The number of hydrogen-bond acceptors (Lipinski definition) is 2. The Hall–Kier alpha value is -0.280. The number of halogens is 2. The summed E-state index contributed by atoms with van der Waals surface area (Å²) in [7, 11) is 0. The number of nitrogens with zero attached hydrogens (tertiary/aromatic N) is 1. The highest BCUT2D eigenvalue weighted by Gasteiger charge is 2.12. The third kappa shape index (κ3) is 3.14. The Labute approximate surface area is 98.2 Å². The second-order valence-electron chi connectivity index (χ2n) is 3.40. The minimum absolute atomic E-state index is 0.318. The van der Waals surface area contributed by atoms with Crippen LogP contribution < -0.4 is 5.32 Å². The predicted molar refractivity (Wildman–Crippen MR) is 64.9 cm³/mol. The van der Waals surface area contributed by atoms with Crippen molar-refractivity contribution in [3.05, 3.63) is 22.8 Å². The Morgan fingerprint density at radius 1 is 1.57 bits per heavy atom. The van der Waals surface area contributed by atoms with Gasteiger partial charge in [-0.2, -0.15) is 0 Å². The Kier molecular flexibility index (Phi) is 4.69. The van der Waals surface area contributed by atoms with Crippen LogP contribution in [0.1, 0.15) is 13.8 Å². The second kappa shape index (κ2) is 5.56. The van der Waals surface area contributed by atoms with Crippen molar-refractivity contribution in [1.29, 1.82) is 0 Å². The van der Waals surface area contributed by atoms with Gasteiger partial charge in [0, 0.05) is 18.1 Å². The maximum absolute atomic E-state index is 5.78. The van der Waals surface area contributed by atoms with E-state index in [4.69, 9.17) is 11.6 Å². The summed E-state index contributed by atoms with van der Waals surface area (Å²) in [5, 5.41) is 3.32. The van der Waals surface area contributed by atoms with Crippen molar-refractivity contribution in [2.24, 2.45) is 5.92 Å². The van der Waals surface area contributed by atoms with Gasteiger partial charge in [-0.15, -0.1) is 11.6 Å². The Balaban J connectivity index is 2.64. The molecule has 1 aromatic heterocycles. The van der Waals surface area contributed by atoms with Crippen LogP contribution in [0.3, 0.4) is 0 Å². The van der Waals surface area contributed by atoms with Crippen LogP contribution in [0.4, 0.5) is 5.82 Å². The van der Waals surface area contributed by atoms with E-state index in [-0.39, 0.29) is 0 Å². The molecule has 78 valence electrons. The minimum atomic E-state index is 0.318. The molecule has 0 aliphatic carbocycles. The number of anilines is 1. The first kappa shape index (κ1) is 11.8. The molecule has 0 aromatic carbocycles. The molecule has 0 spiro atoms. The van der Waals surface area contributed by atoms with Gasteiger partial charge in [0.05, 0.1) is 4.47 Å². The minimum Gasteiger partial charge on any atom is -0.366 e. The first-order valence-corrected chi connectivity index (χ1v) is 5.91. The summed E-state index contributed by atoms with van der Waals surface area (Å²) < 4.78 is 0.980. The molecule has 0 saturated carbocycles. The van der Waals surface area contributed by atoms with Gasteiger partial charge in [0.2, 0.25) is 0 Å². The predicted octanol–water partition coefficient (Wildman–Crippen LogP) is 3.52. The Morgan fingerprint density at radius 3 is 2.86 bits per heavy atom. The number of alkyl halides is 1. The van der Waals surface area contributed by atoms with Crippen LogP contribution in [0.25, 0.3) is 0 Å². The molecule has 0 aliphatic rings. The van der Waals surface area contributed by atoms with E-state index < -0.39 is 0 Å². The van der Waals surface area contributed by atoms with Crippen LogP contribution >= 0.6 is 27.5 Å². The van der Waals surface area contributed by atoms with Gasteiger partial charge in [-0.05, 0) is 40.9 Å². The molecule has 0 radical (unpaired) electrons. The molecular formula is C10H14BrClN2. The standard InChI is InChI=1S/C10H14BrClN2/c1-7(6-12)8(2)14-10-9(11)4-3-5-13-10/h3-5,7-8H,6H2,1-2H3,(H,13,14). The average molecular weight is 278 g/mol. The fourth-order valence-electron chi connectivity index (χ4n) is 0.983. The lowest BCUT2D eigenvalue weighted by Gasteiger charge is -2.20. The number of hydrogen-bond donors (Lipinski definition) is 1. The van der Waals surface area contributed by atoms with Gasteiger partial charge in [0.1, 0.15) is 5.82 Å². The highest BCUT2D eigenvalue weighted by molar-refractivity contribution is 9.10. The highest BCUT2D eigenvalue weighted by atomic mass is 79.9. The third-order valence-corrected chi connectivity index (χ3v) is 3.35. The number of rotatable bonds is 4. The average Bonchev–Trinajstić information content (AvgIpc) is 2.20. The van der Waals surface area contributed by atoms with E-state index in [0.717, 1.165) is 10.3 Å². The van der Waals surface area contributed by atoms with Crippen LogP contribution in [0.5, 0.6) is 0 Å². The van der Waals surface area contributed by atoms with Crippen LogP contribution in [-0.4, -0.2) is 16.9 Å². The summed E-state index contributed by atoms with van der Waals surface area (Å²) in [6.07, 6.45) is 1.77. The zero-order valence-electron chi connectivity index (χ0n) is 8.30. The zero-order valence-corrected chi connectivity index (χ0v) is 10.6. The van der Waals surface area contributed by atoms with Crippen molar-refractivity contribution < 1.29 is 0 Å². The van der Waals surface area contributed by atoms with Gasteiger partial charge in [-0.1, -0.05) is 6.92 Å². The van der Waals surface area contributed by atoms with Crippen molar-refractivity contribution in [1.82, 2.24) is 4.98 Å². The van der Waals surface area contributed by atoms with Crippen LogP contribution in [0, 0.1) is 5.92 Å². The lowest BCUT2D eigenvalue weighted by atomic mass is 10.1. The van der Waals surface area contributed by atoms with E-state index in [2.05, 4.69) is 40.1 Å². The summed E-state index contributed by atoms with van der Waals surface area (Å²) >= 11 is 9.22. The molecule has 4 heteroatoms. The molecule has 1 N–H and O–H groups in total. The number of pyridine rings is 1. The van der Waals surface area contributed by atoms with E-state index in [9.17, 15) is 0 Å². The summed E-state index contributed by atoms with van der Waals surface area (Å²) in [6, 6.07) is 4.18. The quantitative estimate of drug-likeness (QED) is 0.852. The Bertz CT molecular complexity index is 293. The van der Waals surface area contributed by atoms with E-state index in [1.165, 1.54) is 0 Å². The lowest BCUT2D eigenvalue weighted by molar-refractivity contribution is 0.564. The topological polar surface area (TPSA) is 24.9 Å². The summed E-state index contributed by atoms with van der Waals surface area (Å²) in [4.78, 5) is 4.23. The molecule has 0 aliphatic heterocycles. The monoisotopic (exact) mass is 276 g/mol. The van der Waals surface area contributed by atoms with Crippen molar-refractivity contribution in [3.63, 3.8) is 0 Å². The maximum atomic E-state index is 5.78. The third-order valence-electron chi connectivity index (χ3n) is 2.22. The largest absolute Gasteiger partial charge is 0.366 e. The van der Waals surface area contributed by atoms with Gasteiger partial charge in [-0.3, -0.25) is 0 Å². The summed E-state index contributed by atoms with van der Waals surface area (Å²) in [5.74, 6) is 1.95. The van der Waals surface area contributed by atoms with Gasteiger partial charge >= 0.3 is 0 Å². The van der Waals surface area contributed by atoms with Crippen molar-refractivity contribution in [3.8, 4) is 0 Å². The SMILES string of the molecule is CC(CCl)C(C)Nc1ncccc1Br. The van der Waals surface area contributed by atoms with E-state index in [0.29, 0.717) is 17.8 Å². The van der Waals surface area contributed by atoms with Crippen molar-refractivity contribution >= 4 is 33.3 Å². The van der Waals surface area contributed by atoms with Crippen LogP contribution in [-0.2, 0) is 0 Å². The molecule has 0 fully saturated rings. The molecule has 1 rings (SSSR count). The van der Waals surface area contributed by atoms with E-state index in [1.54, 1.807) is 6.20 Å². The number of nitrogens with one attached hydrogen (secondary N) is 1. The highest BCUT2D eigenvalue weighted by Crippen LogP contribution is 2.20. The Morgan fingerprint density at radius 2 is 2.29 bits per heavy atom. The first-order valence-electron chi connectivity index (χ1n) is 4.58. The zero-order chi connectivity index (χ0) is 10.6. The normalized spacial score (nSPS) is 14.9. The fraction of sp³-hybridized carbons (Fsp3) is 0.500. The molecule has 1 aromatic rings. The van der Waals surface area contributed by atoms with Crippen molar-refractivity contribution in [2.45, 2.75) is 19.9 Å². The molecule has 0 amide bonds. The number of aromatic nitrogens is 1. The molecule has 0 saturated heterocycles. The molecule has 2 nitrogen and oxygen atoms in total. The van der Waals surface area contributed by atoms with Crippen LogP contribution in [0.2, 0.25) is 0 Å². The second-order valence-corrected chi connectivity index (χ2v) is 4.56. The van der Waals surface area contributed by atoms with Gasteiger partial charge < -0.3 is 5.32 Å². The summed E-state index contributed by atoms with van der Waals surface area (Å²) in [5.41, 5.74) is 0. The smallest absolute Gasteiger partial charge is 0.140 e. The molecule has 2 atom stereocenters. The lowest BCUT2D eigenvalue weighted by Crippen LogP contribution is -2.25. The van der Waals surface area contributed by atoms with E-state index in [1.807, 2.05) is 12.1 Å². The summed E-state index contributed by atoms with van der Waals surface area (Å²) in [6.45, 7) is 4.22. The molecule has 2 unspecified atom stereocenters. The van der Waals surface area contributed by atoms with E-state index >= 15 is 0 Å². The fourth-order valence-corrected chi connectivity index (χ4v) is 1.62. The van der Waals surface area contributed by atoms with Gasteiger partial charge in [-0.25, -0.2) is 4.98 Å². The van der Waals surface area contributed by atoms with Gasteiger partial charge in [0.15, 0.2) is 0 Å². The molecular weight excluding hydrogens is 263 g/mol. The van der Waals surface area contributed by atoms with Crippen LogP contribution in [0.15, 0.2) is 22.8 Å². The first-order chi connectivity index (χ1) is 6.65. The maximum Gasteiger partial charge on any atom is 0.140 e. The molecule has 14 heavy (non-hydrogen) atoms. The molecule has 0 bridgehead atoms. The molecule has 1 heterocycles. The van der Waals surface area contributed by atoms with Gasteiger partial charge in [0.25, 0.3) is 0 Å².